The molecule has 4 aromatic rings. The van der Waals surface area contributed by atoms with Gasteiger partial charge in [0.2, 0.25) is 0 Å². The zero-order valence-corrected chi connectivity index (χ0v) is 19.5. The van der Waals surface area contributed by atoms with Gasteiger partial charge in [0.05, 0.1) is 0 Å². The van der Waals surface area contributed by atoms with Gasteiger partial charge in [0, 0.05) is 32.2 Å². The van der Waals surface area contributed by atoms with Crippen LogP contribution < -0.4 is 5.32 Å². The van der Waals surface area contributed by atoms with Crippen molar-refractivity contribution in [1.29, 1.82) is 0 Å². The van der Waals surface area contributed by atoms with Crippen molar-refractivity contribution >= 4 is 57.1 Å². The molecule has 0 aliphatic carbocycles. The van der Waals surface area contributed by atoms with E-state index >= 15 is 0 Å². The number of benzene rings is 4. The van der Waals surface area contributed by atoms with Crippen LogP contribution in [0.2, 0.25) is 0 Å². The monoisotopic (exact) mass is 442 g/mol. The summed E-state index contributed by atoms with van der Waals surface area (Å²) in [5.41, 5.74) is 1.52. The molecule has 1 fully saturated rings. The summed E-state index contributed by atoms with van der Waals surface area (Å²) < 4.78 is 0. The molecule has 160 valence electrons. The quantitative estimate of drug-likeness (QED) is 0.341. The molecule has 4 aromatic carbocycles. The molecule has 1 aliphatic heterocycles. The Labute approximate surface area is 192 Å². The molecule has 1 atom stereocenters. The van der Waals surface area contributed by atoms with Gasteiger partial charge in [-0.3, -0.25) is 4.90 Å². The topological polar surface area (TPSA) is 15.3 Å². The molecule has 0 unspecified atom stereocenters. The Kier molecular flexibility index (Phi) is 7.47. The van der Waals surface area contributed by atoms with Crippen LogP contribution in [0.3, 0.4) is 0 Å². The lowest BCUT2D eigenvalue weighted by Gasteiger charge is -2.36. The lowest BCUT2D eigenvalue weighted by Crippen LogP contribution is -2.45. The SMILES string of the molecule is CC(C)CC[C@@H](c1ccc2ccc3cccc4ccc1c2c34)N1CCNCC1.Cl.Cl. The Morgan fingerprint density at radius 2 is 1.37 bits per heavy atom. The van der Waals surface area contributed by atoms with Gasteiger partial charge in [0.25, 0.3) is 0 Å². The average molecular weight is 443 g/mol. The molecule has 1 saturated heterocycles. The maximum atomic E-state index is 3.52. The van der Waals surface area contributed by atoms with Crippen molar-refractivity contribution in [1.82, 2.24) is 10.2 Å². The van der Waals surface area contributed by atoms with E-state index in [4.69, 9.17) is 0 Å². The summed E-state index contributed by atoms with van der Waals surface area (Å²) in [4.78, 5) is 2.71. The Hall–Kier alpha value is -1.58. The van der Waals surface area contributed by atoms with Gasteiger partial charge >= 0.3 is 0 Å². The van der Waals surface area contributed by atoms with E-state index in [1.807, 2.05) is 0 Å². The Balaban J connectivity index is 0.00000128. The predicted octanol–water partition coefficient (Wildman–Crippen LogP) is 6.81. The van der Waals surface area contributed by atoms with Crippen LogP contribution in [0, 0.1) is 5.92 Å². The molecule has 0 radical (unpaired) electrons. The van der Waals surface area contributed by atoms with Gasteiger partial charge in [-0.1, -0.05) is 68.4 Å². The minimum Gasteiger partial charge on any atom is -0.314 e. The number of hydrogen-bond acceptors (Lipinski definition) is 2. The minimum absolute atomic E-state index is 0. The smallest absolute Gasteiger partial charge is 0.0355 e. The van der Waals surface area contributed by atoms with Crippen molar-refractivity contribution in [3.8, 4) is 0 Å². The van der Waals surface area contributed by atoms with Gasteiger partial charge in [-0.25, -0.2) is 0 Å². The van der Waals surface area contributed by atoms with Crippen LogP contribution in [-0.2, 0) is 0 Å². The van der Waals surface area contributed by atoms with E-state index in [9.17, 15) is 0 Å². The van der Waals surface area contributed by atoms with Crippen LogP contribution in [0.5, 0.6) is 0 Å². The molecule has 0 bridgehead atoms. The van der Waals surface area contributed by atoms with Crippen molar-refractivity contribution in [3.05, 3.63) is 60.2 Å². The highest BCUT2D eigenvalue weighted by Gasteiger charge is 2.24. The third-order valence-corrected chi connectivity index (χ3v) is 6.53. The Morgan fingerprint density at radius 3 is 2.03 bits per heavy atom. The van der Waals surface area contributed by atoms with Crippen LogP contribution in [0.25, 0.3) is 32.3 Å². The zero-order chi connectivity index (χ0) is 19.1. The standard InChI is InChI=1S/C26H30N2.2ClH/c1-18(2)6-13-24(28-16-14-27-15-17-28)22-11-9-21-8-7-19-4-3-5-20-10-12-23(22)26(21)25(19)20;;/h3-5,7-12,18,24,27H,6,13-17H2,1-2H3;2*1H/t24-;;/m0../s1. The first-order chi connectivity index (χ1) is 13.7. The second-order valence-electron chi connectivity index (χ2n) is 8.78. The minimum atomic E-state index is 0. The third kappa shape index (κ3) is 4.11. The zero-order valence-electron chi connectivity index (χ0n) is 17.9. The highest BCUT2D eigenvalue weighted by atomic mass is 35.5. The third-order valence-electron chi connectivity index (χ3n) is 6.53. The second kappa shape index (κ2) is 9.70. The fourth-order valence-corrected chi connectivity index (χ4v) is 5.07. The molecular formula is C26H32Cl2N2. The molecule has 0 aromatic heterocycles. The van der Waals surface area contributed by atoms with E-state index in [2.05, 4.69) is 78.7 Å². The summed E-state index contributed by atoms with van der Waals surface area (Å²) in [5.74, 6) is 0.741. The Bertz CT molecular complexity index is 1090. The lowest BCUT2D eigenvalue weighted by molar-refractivity contribution is 0.161. The normalized spacial score (nSPS) is 16.1. The molecule has 0 spiro atoms. The van der Waals surface area contributed by atoms with Gasteiger partial charge in [0.15, 0.2) is 0 Å². The molecule has 1 N–H and O–H groups in total. The Morgan fingerprint density at radius 1 is 0.767 bits per heavy atom. The van der Waals surface area contributed by atoms with E-state index in [0.29, 0.717) is 6.04 Å². The molecular weight excluding hydrogens is 411 g/mol. The van der Waals surface area contributed by atoms with E-state index in [0.717, 1.165) is 32.1 Å². The van der Waals surface area contributed by atoms with Crippen molar-refractivity contribution in [3.63, 3.8) is 0 Å². The molecule has 1 heterocycles. The first-order valence-electron chi connectivity index (χ1n) is 10.8. The van der Waals surface area contributed by atoms with Gasteiger partial charge < -0.3 is 5.32 Å². The van der Waals surface area contributed by atoms with Crippen molar-refractivity contribution in [2.75, 3.05) is 26.2 Å². The summed E-state index contributed by atoms with van der Waals surface area (Å²) in [6.45, 7) is 9.18. The average Bonchev–Trinajstić information content (AvgIpc) is 2.73. The van der Waals surface area contributed by atoms with Gasteiger partial charge in [0.1, 0.15) is 0 Å². The van der Waals surface area contributed by atoms with E-state index in [1.165, 1.54) is 50.7 Å². The summed E-state index contributed by atoms with van der Waals surface area (Å²) in [7, 11) is 0. The highest BCUT2D eigenvalue weighted by molar-refractivity contribution is 6.23. The highest BCUT2D eigenvalue weighted by Crippen LogP contribution is 2.40. The van der Waals surface area contributed by atoms with Crippen LogP contribution in [0.1, 0.15) is 38.3 Å². The predicted molar refractivity (Wildman–Crippen MR) is 136 cm³/mol. The maximum Gasteiger partial charge on any atom is 0.0355 e. The molecule has 0 saturated carbocycles. The lowest BCUT2D eigenvalue weighted by atomic mass is 9.87. The number of hydrogen-bond donors (Lipinski definition) is 1. The van der Waals surface area contributed by atoms with Gasteiger partial charge in [-0.05, 0) is 56.6 Å². The summed E-state index contributed by atoms with van der Waals surface area (Å²) in [6, 6.07) is 21.2. The van der Waals surface area contributed by atoms with Gasteiger partial charge in [-0.15, -0.1) is 24.8 Å². The molecule has 30 heavy (non-hydrogen) atoms. The van der Waals surface area contributed by atoms with Gasteiger partial charge in [-0.2, -0.15) is 0 Å². The van der Waals surface area contributed by atoms with Crippen molar-refractivity contribution in [2.45, 2.75) is 32.7 Å². The van der Waals surface area contributed by atoms with E-state index in [1.54, 1.807) is 0 Å². The first kappa shape index (κ1) is 23.1. The molecule has 4 heteroatoms. The number of piperazine rings is 1. The van der Waals surface area contributed by atoms with E-state index in [-0.39, 0.29) is 24.8 Å². The maximum absolute atomic E-state index is 3.52. The van der Waals surface area contributed by atoms with Crippen LogP contribution in [0.15, 0.2) is 54.6 Å². The fraction of sp³-hybridized carbons (Fsp3) is 0.385. The van der Waals surface area contributed by atoms with Crippen LogP contribution in [-0.4, -0.2) is 31.1 Å². The fourth-order valence-electron chi connectivity index (χ4n) is 5.07. The first-order valence-corrected chi connectivity index (χ1v) is 10.8. The molecule has 2 nitrogen and oxygen atoms in total. The summed E-state index contributed by atoms with van der Waals surface area (Å²) in [6.07, 6.45) is 2.51. The molecule has 5 rings (SSSR count). The number of nitrogens with zero attached hydrogens (tertiary/aromatic N) is 1. The van der Waals surface area contributed by atoms with Crippen molar-refractivity contribution < 1.29 is 0 Å². The molecule has 1 aliphatic rings. The van der Waals surface area contributed by atoms with Crippen LogP contribution in [0.4, 0.5) is 0 Å². The number of nitrogens with one attached hydrogen (secondary N) is 1. The number of halogens is 2. The largest absolute Gasteiger partial charge is 0.314 e. The number of rotatable bonds is 5. The van der Waals surface area contributed by atoms with Crippen molar-refractivity contribution in [2.24, 2.45) is 5.92 Å². The van der Waals surface area contributed by atoms with Crippen LogP contribution >= 0.6 is 24.8 Å². The summed E-state index contributed by atoms with van der Waals surface area (Å²) >= 11 is 0. The van der Waals surface area contributed by atoms with E-state index < -0.39 is 0 Å². The second-order valence-corrected chi connectivity index (χ2v) is 8.78. The molecule has 0 amide bonds. The summed E-state index contributed by atoms with van der Waals surface area (Å²) in [5, 5.41) is 11.9.